The quantitative estimate of drug-likeness (QED) is 0.845. The number of hydrogen-bond acceptors (Lipinski definition) is 4. The van der Waals surface area contributed by atoms with Gasteiger partial charge < -0.3 is 14.7 Å². The molecule has 0 spiro atoms. The van der Waals surface area contributed by atoms with E-state index >= 15 is 0 Å². The molecule has 0 saturated carbocycles. The number of carbonyl (C=O) groups is 1. The minimum atomic E-state index is -1.32. The largest absolute Gasteiger partial charge is 0.448 e. The zero-order chi connectivity index (χ0) is 18.1. The van der Waals surface area contributed by atoms with Crippen LogP contribution in [0.25, 0.3) is 11.1 Å². The van der Waals surface area contributed by atoms with Gasteiger partial charge in [-0.05, 0) is 22.3 Å². The average Bonchev–Trinajstić information content (AvgIpc) is 3.01. The maximum Gasteiger partial charge on any atom is 0.409 e. The Morgan fingerprint density at radius 3 is 2.19 bits per heavy atom. The molecule has 2 aromatic carbocycles. The Bertz CT molecular complexity index is 833. The molecule has 2 aliphatic rings. The fourth-order valence-corrected chi connectivity index (χ4v) is 3.86. The van der Waals surface area contributed by atoms with E-state index in [2.05, 4.69) is 24.3 Å². The van der Waals surface area contributed by atoms with Crippen molar-refractivity contribution >= 4 is 6.09 Å². The summed E-state index contributed by atoms with van der Waals surface area (Å²) >= 11 is 0. The van der Waals surface area contributed by atoms with Crippen LogP contribution in [0, 0.1) is 11.3 Å². The first-order valence-corrected chi connectivity index (χ1v) is 8.85. The van der Waals surface area contributed by atoms with Crippen LogP contribution in [-0.2, 0) is 4.74 Å². The molecule has 0 aromatic heterocycles. The summed E-state index contributed by atoms with van der Waals surface area (Å²) < 4.78 is 5.60. The van der Waals surface area contributed by atoms with E-state index in [0.717, 1.165) is 0 Å². The van der Waals surface area contributed by atoms with Gasteiger partial charge in [0.25, 0.3) is 0 Å². The van der Waals surface area contributed by atoms with Crippen molar-refractivity contribution in [2.75, 3.05) is 19.7 Å². The number of benzene rings is 2. The lowest BCUT2D eigenvalue weighted by Crippen LogP contribution is -2.46. The van der Waals surface area contributed by atoms with Crippen molar-refractivity contribution in [3.05, 3.63) is 59.7 Å². The minimum absolute atomic E-state index is 0.0344. The van der Waals surface area contributed by atoms with Crippen molar-refractivity contribution in [1.82, 2.24) is 4.90 Å². The Kier molecular flexibility index (Phi) is 4.14. The smallest absolute Gasteiger partial charge is 0.409 e. The van der Waals surface area contributed by atoms with E-state index in [4.69, 9.17) is 10.00 Å². The van der Waals surface area contributed by atoms with Crippen LogP contribution in [0.3, 0.4) is 0 Å². The van der Waals surface area contributed by atoms with Crippen molar-refractivity contribution in [2.45, 2.75) is 24.4 Å². The summed E-state index contributed by atoms with van der Waals surface area (Å²) in [4.78, 5) is 14.0. The third-order valence-corrected chi connectivity index (χ3v) is 5.39. The summed E-state index contributed by atoms with van der Waals surface area (Å²) in [5, 5.41) is 18.9. The van der Waals surface area contributed by atoms with Crippen LogP contribution < -0.4 is 0 Å². The van der Waals surface area contributed by atoms with Crippen LogP contribution in [0.5, 0.6) is 0 Å². The summed E-state index contributed by atoms with van der Waals surface area (Å²) in [6.45, 7) is 0.952. The molecule has 5 nitrogen and oxygen atoms in total. The molecule has 132 valence electrons. The molecule has 0 radical (unpaired) electrons. The predicted molar refractivity (Wildman–Crippen MR) is 96.4 cm³/mol. The van der Waals surface area contributed by atoms with Gasteiger partial charge >= 0.3 is 6.09 Å². The average molecular weight is 348 g/mol. The highest BCUT2D eigenvalue weighted by Crippen LogP contribution is 2.44. The van der Waals surface area contributed by atoms with Crippen molar-refractivity contribution in [2.24, 2.45) is 0 Å². The van der Waals surface area contributed by atoms with Crippen LogP contribution in [0.1, 0.15) is 29.9 Å². The summed E-state index contributed by atoms with van der Waals surface area (Å²) in [6, 6.07) is 18.3. The van der Waals surface area contributed by atoms with Gasteiger partial charge in [0.2, 0.25) is 0 Å². The van der Waals surface area contributed by atoms with E-state index in [1.807, 2.05) is 30.3 Å². The summed E-state index contributed by atoms with van der Waals surface area (Å²) in [5.74, 6) is 0.0344. The van der Waals surface area contributed by atoms with Gasteiger partial charge in [0.1, 0.15) is 6.61 Å². The zero-order valence-electron chi connectivity index (χ0n) is 14.4. The number of rotatable bonds is 2. The fraction of sp³-hybridized carbons (Fsp3) is 0.333. The van der Waals surface area contributed by atoms with Crippen LogP contribution in [0.15, 0.2) is 48.5 Å². The molecule has 26 heavy (non-hydrogen) atoms. The monoisotopic (exact) mass is 348 g/mol. The Morgan fingerprint density at radius 1 is 1.12 bits per heavy atom. The van der Waals surface area contributed by atoms with Crippen molar-refractivity contribution in [1.29, 1.82) is 5.26 Å². The number of piperidine rings is 1. The summed E-state index contributed by atoms with van der Waals surface area (Å²) in [7, 11) is 0. The molecule has 0 atom stereocenters. The lowest BCUT2D eigenvalue weighted by molar-refractivity contribution is 0.0200. The number of likely N-dealkylation sites (tertiary alicyclic amines) is 1. The Labute approximate surface area is 152 Å². The SMILES string of the molecule is N#CC1(O)CCN(C(=O)OCC2c3ccccc3-c3ccccc32)CC1. The molecule has 0 unspecified atom stereocenters. The number of amides is 1. The Morgan fingerprint density at radius 2 is 1.65 bits per heavy atom. The lowest BCUT2D eigenvalue weighted by atomic mass is 9.93. The second kappa shape index (κ2) is 6.47. The standard InChI is InChI=1S/C21H20N2O3/c22-14-21(25)9-11-23(12-10-21)20(24)26-13-19-17-7-3-1-5-15(17)16-6-2-4-8-18(16)19/h1-8,19,25H,9-13H2. The van der Waals surface area contributed by atoms with E-state index < -0.39 is 5.60 Å². The maximum absolute atomic E-state index is 12.4. The second-order valence-electron chi connectivity index (χ2n) is 6.93. The first kappa shape index (κ1) is 16.6. The fourth-order valence-electron chi connectivity index (χ4n) is 3.86. The predicted octanol–water partition coefficient (Wildman–Crippen LogP) is 3.29. The van der Waals surface area contributed by atoms with Crippen LogP contribution in [-0.4, -0.2) is 41.4 Å². The summed E-state index contributed by atoms with van der Waals surface area (Å²) in [5.41, 5.74) is 3.43. The zero-order valence-corrected chi connectivity index (χ0v) is 14.4. The van der Waals surface area contributed by atoms with Crippen LogP contribution in [0.4, 0.5) is 4.79 Å². The van der Waals surface area contributed by atoms with Gasteiger partial charge in [0, 0.05) is 31.8 Å². The minimum Gasteiger partial charge on any atom is -0.448 e. The number of carbonyl (C=O) groups excluding carboxylic acids is 1. The molecule has 1 saturated heterocycles. The highest BCUT2D eigenvalue weighted by Gasteiger charge is 2.35. The molecule has 1 heterocycles. The molecule has 1 N–H and O–H groups in total. The molecule has 1 amide bonds. The Hall–Kier alpha value is -2.84. The number of aliphatic hydroxyl groups is 1. The number of nitrogens with zero attached hydrogens (tertiary/aromatic N) is 2. The summed E-state index contributed by atoms with van der Waals surface area (Å²) in [6.07, 6.45) is 0.133. The number of nitriles is 1. The number of ether oxygens (including phenoxy) is 1. The van der Waals surface area contributed by atoms with Crippen molar-refractivity contribution in [3.63, 3.8) is 0 Å². The van der Waals surface area contributed by atoms with Crippen molar-refractivity contribution < 1.29 is 14.6 Å². The molecule has 1 aliphatic carbocycles. The van der Waals surface area contributed by atoms with Gasteiger partial charge in [0.05, 0.1) is 6.07 Å². The van der Waals surface area contributed by atoms with Gasteiger partial charge in [-0.15, -0.1) is 0 Å². The first-order valence-electron chi connectivity index (χ1n) is 8.85. The number of fused-ring (bicyclic) bond motifs is 3. The molecular formula is C21H20N2O3. The van der Waals surface area contributed by atoms with E-state index in [1.165, 1.54) is 22.3 Å². The van der Waals surface area contributed by atoms with Crippen LogP contribution in [0.2, 0.25) is 0 Å². The molecule has 1 aliphatic heterocycles. The lowest BCUT2D eigenvalue weighted by Gasteiger charge is -2.33. The molecular weight excluding hydrogens is 328 g/mol. The van der Waals surface area contributed by atoms with E-state index in [9.17, 15) is 9.90 Å². The van der Waals surface area contributed by atoms with Gasteiger partial charge in [-0.3, -0.25) is 0 Å². The normalized spacial score (nSPS) is 17.9. The van der Waals surface area contributed by atoms with Gasteiger partial charge in [-0.25, -0.2) is 4.79 Å². The molecule has 4 rings (SSSR count). The molecule has 2 aromatic rings. The maximum atomic E-state index is 12.4. The second-order valence-corrected chi connectivity index (χ2v) is 6.93. The third kappa shape index (κ3) is 2.83. The number of hydrogen-bond donors (Lipinski definition) is 1. The van der Waals surface area contributed by atoms with Gasteiger partial charge in [0.15, 0.2) is 5.60 Å². The van der Waals surface area contributed by atoms with E-state index in [1.54, 1.807) is 4.90 Å². The van der Waals surface area contributed by atoms with Crippen LogP contribution >= 0.6 is 0 Å². The van der Waals surface area contributed by atoms with E-state index in [0.29, 0.717) is 13.1 Å². The molecule has 0 bridgehead atoms. The van der Waals surface area contributed by atoms with Gasteiger partial charge in [-0.2, -0.15) is 5.26 Å². The molecule has 5 heteroatoms. The van der Waals surface area contributed by atoms with E-state index in [-0.39, 0.29) is 31.5 Å². The first-order chi connectivity index (χ1) is 12.6. The highest BCUT2D eigenvalue weighted by atomic mass is 16.6. The van der Waals surface area contributed by atoms with Gasteiger partial charge in [-0.1, -0.05) is 48.5 Å². The highest BCUT2D eigenvalue weighted by molar-refractivity contribution is 5.79. The topological polar surface area (TPSA) is 73.6 Å². The molecule has 1 fully saturated rings. The van der Waals surface area contributed by atoms with Crippen molar-refractivity contribution in [3.8, 4) is 17.2 Å². The Balaban J connectivity index is 1.46. The third-order valence-electron chi connectivity index (χ3n) is 5.39.